The van der Waals surface area contributed by atoms with Gasteiger partial charge >= 0.3 is 0 Å². The summed E-state index contributed by atoms with van der Waals surface area (Å²) in [5.74, 6) is 1.19. The summed E-state index contributed by atoms with van der Waals surface area (Å²) in [6, 6.07) is 5.68. The SMILES string of the molecule is COc1ccc(Br)cc1-c1cnc(C(O)CN)[nH]1. The van der Waals surface area contributed by atoms with Crippen LogP contribution in [0.1, 0.15) is 11.9 Å². The zero-order valence-corrected chi connectivity index (χ0v) is 11.4. The zero-order valence-electron chi connectivity index (χ0n) is 9.85. The van der Waals surface area contributed by atoms with E-state index in [0.29, 0.717) is 5.82 Å². The van der Waals surface area contributed by atoms with Crippen LogP contribution in [0.5, 0.6) is 5.75 Å². The van der Waals surface area contributed by atoms with Crippen LogP contribution in [-0.2, 0) is 0 Å². The minimum atomic E-state index is -0.781. The molecule has 1 heterocycles. The van der Waals surface area contributed by atoms with Gasteiger partial charge in [0.2, 0.25) is 0 Å². The molecule has 1 atom stereocenters. The molecule has 0 fully saturated rings. The van der Waals surface area contributed by atoms with E-state index in [-0.39, 0.29) is 6.54 Å². The Morgan fingerprint density at radius 1 is 1.56 bits per heavy atom. The van der Waals surface area contributed by atoms with Crippen molar-refractivity contribution in [3.8, 4) is 17.0 Å². The predicted octanol–water partition coefficient (Wildman–Crippen LogP) is 1.84. The van der Waals surface area contributed by atoms with Gasteiger partial charge in [-0.15, -0.1) is 0 Å². The fourth-order valence-electron chi connectivity index (χ4n) is 1.65. The molecule has 0 saturated heterocycles. The third-order valence-corrected chi connectivity index (χ3v) is 3.08. The van der Waals surface area contributed by atoms with Gasteiger partial charge < -0.3 is 20.6 Å². The number of aliphatic hydroxyl groups is 1. The highest BCUT2D eigenvalue weighted by Gasteiger charge is 2.13. The first kappa shape index (κ1) is 13.1. The van der Waals surface area contributed by atoms with Crippen LogP contribution in [0.15, 0.2) is 28.9 Å². The summed E-state index contributed by atoms with van der Waals surface area (Å²) in [6.45, 7) is 0.128. The fourth-order valence-corrected chi connectivity index (χ4v) is 2.01. The van der Waals surface area contributed by atoms with E-state index in [1.165, 1.54) is 0 Å². The lowest BCUT2D eigenvalue weighted by Gasteiger charge is -2.07. The summed E-state index contributed by atoms with van der Waals surface area (Å²) >= 11 is 3.41. The summed E-state index contributed by atoms with van der Waals surface area (Å²) < 4.78 is 6.23. The number of imidazole rings is 1. The van der Waals surface area contributed by atoms with Crippen LogP contribution in [0.25, 0.3) is 11.3 Å². The molecule has 18 heavy (non-hydrogen) atoms. The van der Waals surface area contributed by atoms with E-state index in [0.717, 1.165) is 21.5 Å². The van der Waals surface area contributed by atoms with Crippen LogP contribution < -0.4 is 10.5 Å². The van der Waals surface area contributed by atoms with Gasteiger partial charge in [0.15, 0.2) is 0 Å². The van der Waals surface area contributed by atoms with Crippen molar-refractivity contribution >= 4 is 15.9 Å². The molecule has 0 bridgehead atoms. The minimum absolute atomic E-state index is 0.128. The second-order valence-corrected chi connectivity index (χ2v) is 4.69. The van der Waals surface area contributed by atoms with Crippen molar-refractivity contribution in [3.05, 3.63) is 34.7 Å². The Labute approximate surface area is 113 Å². The van der Waals surface area contributed by atoms with Crippen molar-refractivity contribution in [2.75, 3.05) is 13.7 Å². The molecule has 0 saturated carbocycles. The van der Waals surface area contributed by atoms with Gasteiger partial charge in [0.05, 0.1) is 19.0 Å². The lowest BCUT2D eigenvalue weighted by atomic mass is 10.1. The fraction of sp³-hybridized carbons (Fsp3) is 0.250. The van der Waals surface area contributed by atoms with Gasteiger partial charge in [-0.05, 0) is 18.2 Å². The number of benzene rings is 1. The van der Waals surface area contributed by atoms with E-state index in [1.54, 1.807) is 13.3 Å². The van der Waals surface area contributed by atoms with E-state index in [4.69, 9.17) is 10.5 Å². The highest BCUT2D eigenvalue weighted by Crippen LogP contribution is 2.31. The van der Waals surface area contributed by atoms with Crippen molar-refractivity contribution in [2.24, 2.45) is 5.73 Å². The summed E-state index contributed by atoms with van der Waals surface area (Å²) in [5, 5.41) is 9.61. The lowest BCUT2D eigenvalue weighted by molar-refractivity contribution is 0.177. The monoisotopic (exact) mass is 311 g/mol. The number of H-pyrrole nitrogens is 1. The number of halogens is 1. The van der Waals surface area contributed by atoms with E-state index in [1.807, 2.05) is 18.2 Å². The van der Waals surface area contributed by atoms with Gasteiger partial charge in [-0.3, -0.25) is 0 Å². The van der Waals surface area contributed by atoms with Crippen LogP contribution in [0, 0.1) is 0 Å². The molecular weight excluding hydrogens is 298 g/mol. The van der Waals surface area contributed by atoms with Crippen LogP contribution in [-0.4, -0.2) is 28.7 Å². The van der Waals surface area contributed by atoms with Crippen molar-refractivity contribution in [3.63, 3.8) is 0 Å². The van der Waals surface area contributed by atoms with Gasteiger partial charge in [0.1, 0.15) is 17.7 Å². The van der Waals surface area contributed by atoms with E-state index in [9.17, 15) is 5.11 Å². The second-order valence-electron chi connectivity index (χ2n) is 3.78. The standard InChI is InChI=1S/C12H14BrN3O2/c1-18-11-3-2-7(13)4-8(11)9-6-15-12(16-9)10(17)5-14/h2-4,6,10,17H,5,14H2,1H3,(H,15,16). The Kier molecular flexibility index (Phi) is 4.00. The molecule has 4 N–H and O–H groups in total. The number of hydrogen-bond acceptors (Lipinski definition) is 4. The Balaban J connectivity index is 2.42. The number of nitrogens with one attached hydrogen (secondary N) is 1. The number of aromatic amines is 1. The number of rotatable bonds is 4. The maximum absolute atomic E-state index is 9.61. The zero-order chi connectivity index (χ0) is 13.1. The molecule has 0 radical (unpaired) electrons. The van der Waals surface area contributed by atoms with E-state index < -0.39 is 6.10 Å². The summed E-state index contributed by atoms with van der Waals surface area (Å²) in [5.41, 5.74) is 7.03. The van der Waals surface area contributed by atoms with Crippen LogP contribution in [0.4, 0.5) is 0 Å². The van der Waals surface area contributed by atoms with Crippen LogP contribution in [0.2, 0.25) is 0 Å². The third kappa shape index (κ3) is 2.55. The molecule has 2 aromatic rings. The molecule has 0 aliphatic rings. The highest BCUT2D eigenvalue weighted by atomic mass is 79.9. The first-order valence-electron chi connectivity index (χ1n) is 5.42. The van der Waals surface area contributed by atoms with Gasteiger partial charge in [0.25, 0.3) is 0 Å². The van der Waals surface area contributed by atoms with Crippen molar-refractivity contribution < 1.29 is 9.84 Å². The predicted molar refractivity (Wildman–Crippen MR) is 72.3 cm³/mol. The topological polar surface area (TPSA) is 84.2 Å². The van der Waals surface area contributed by atoms with Gasteiger partial charge in [-0.25, -0.2) is 4.98 Å². The average Bonchev–Trinajstić information content (AvgIpc) is 2.87. The summed E-state index contributed by atoms with van der Waals surface area (Å²) in [4.78, 5) is 7.15. The first-order valence-corrected chi connectivity index (χ1v) is 6.22. The van der Waals surface area contributed by atoms with E-state index >= 15 is 0 Å². The minimum Gasteiger partial charge on any atom is -0.496 e. The molecule has 0 aliphatic carbocycles. The maximum atomic E-state index is 9.61. The smallest absolute Gasteiger partial charge is 0.136 e. The number of methoxy groups -OCH3 is 1. The number of hydrogen-bond donors (Lipinski definition) is 3. The number of ether oxygens (including phenoxy) is 1. The Morgan fingerprint density at radius 3 is 3.00 bits per heavy atom. The van der Waals surface area contributed by atoms with Gasteiger partial charge in [-0.1, -0.05) is 15.9 Å². The van der Waals surface area contributed by atoms with Crippen molar-refractivity contribution in [2.45, 2.75) is 6.10 Å². The Morgan fingerprint density at radius 2 is 2.33 bits per heavy atom. The number of nitrogens with two attached hydrogens (primary N) is 1. The number of aromatic nitrogens is 2. The molecule has 96 valence electrons. The maximum Gasteiger partial charge on any atom is 0.136 e. The Hall–Kier alpha value is -1.37. The normalized spacial score (nSPS) is 12.4. The van der Waals surface area contributed by atoms with Gasteiger partial charge in [-0.2, -0.15) is 0 Å². The molecule has 0 aliphatic heterocycles. The highest BCUT2D eigenvalue weighted by molar-refractivity contribution is 9.10. The quantitative estimate of drug-likeness (QED) is 0.804. The van der Waals surface area contributed by atoms with Crippen LogP contribution in [0.3, 0.4) is 0 Å². The van der Waals surface area contributed by atoms with Crippen LogP contribution >= 0.6 is 15.9 Å². The van der Waals surface area contributed by atoms with Crippen molar-refractivity contribution in [1.29, 1.82) is 0 Å². The third-order valence-electron chi connectivity index (χ3n) is 2.59. The molecule has 0 amide bonds. The van der Waals surface area contributed by atoms with Gasteiger partial charge in [0, 0.05) is 16.6 Å². The number of aliphatic hydroxyl groups excluding tert-OH is 1. The molecule has 0 spiro atoms. The van der Waals surface area contributed by atoms with Crippen molar-refractivity contribution in [1.82, 2.24) is 9.97 Å². The summed E-state index contributed by atoms with van der Waals surface area (Å²) in [7, 11) is 1.61. The summed E-state index contributed by atoms with van der Waals surface area (Å²) in [6.07, 6.45) is 0.871. The molecule has 2 rings (SSSR count). The molecule has 1 unspecified atom stereocenters. The average molecular weight is 312 g/mol. The molecule has 6 heteroatoms. The Bertz CT molecular complexity index is 542. The lowest BCUT2D eigenvalue weighted by Crippen LogP contribution is -2.12. The first-order chi connectivity index (χ1) is 8.65. The molecule has 1 aromatic heterocycles. The molecular formula is C12H14BrN3O2. The molecule has 5 nitrogen and oxygen atoms in total. The number of nitrogens with zero attached hydrogens (tertiary/aromatic N) is 1. The second kappa shape index (κ2) is 5.51. The largest absolute Gasteiger partial charge is 0.496 e. The van der Waals surface area contributed by atoms with E-state index in [2.05, 4.69) is 25.9 Å². The molecule has 1 aromatic carbocycles.